The Bertz CT molecular complexity index is 1220. The molecule has 1 unspecified atom stereocenters. The molecule has 6 nitrogen and oxygen atoms in total. The monoisotopic (exact) mass is 455 g/mol. The van der Waals surface area contributed by atoms with E-state index in [-0.39, 0.29) is 17.8 Å². The molecule has 4 aromatic rings. The van der Waals surface area contributed by atoms with Crippen molar-refractivity contribution in [2.45, 2.75) is 18.7 Å². The first-order chi connectivity index (χ1) is 15.9. The van der Waals surface area contributed by atoms with Crippen LogP contribution >= 0.6 is 0 Å². The Kier molecular flexibility index (Phi) is 6.30. The zero-order valence-electron chi connectivity index (χ0n) is 17.8. The van der Waals surface area contributed by atoms with Crippen LogP contribution in [0, 0.1) is 0 Å². The molecular weight excluding hydrogens is 435 g/mol. The maximum atomic E-state index is 13.1. The number of alkyl halides is 3. The van der Waals surface area contributed by atoms with Crippen molar-refractivity contribution in [1.29, 1.82) is 0 Å². The molecule has 4 rings (SSSR count). The quantitative estimate of drug-likeness (QED) is 0.371. The van der Waals surface area contributed by atoms with Crippen LogP contribution in [0.3, 0.4) is 0 Å². The van der Waals surface area contributed by atoms with Crippen molar-refractivity contribution in [3.05, 3.63) is 83.6 Å². The van der Waals surface area contributed by atoms with Gasteiger partial charge in [0.25, 0.3) is 0 Å². The maximum absolute atomic E-state index is 13.1. The number of aromatic nitrogens is 3. The lowest BCUT2D eigenvalue weighted by molar-refractivity contribution is -0.137. The summed E-state index contributed by atoms with van der Waals surface area (Å²) in [5.74, 6) is 0.467. The molecule has 170 valence electrons. The highest BCUT2D eigenvalue weighted by atomic mass is 19.4. The molecule has 0 aliphatic carbocycles. The number of pyridine rings is 1. The lowest BCUT2D eigenvalue weighted by Gasteiger charge is -2.20. The van der Waals surface area contributed by atoms with Gasteiger partial charge in [0, 0.05) is 18.0 Å². The number of hydrogen-bond donors (Lipinski definition) is 0. The number of hydrogen-bond acceptors (Lipinski definition) is 6. The molecule has 2 aromatic heterocycles. The minimum absolute atomic E-state index is 0.0190. The van der Waals surface area contributed by atoms with Gasteiger partial charge in [-0.2, -0.15) is 23.1 Å². The molecule has 33 heavy (non-hydrogen) atoms. The van der Waals surface area contributed by atoms with Gasteiger partial charge in [0.15, 0.2) is 0 Å². The zero-order chi connectivity index (χ0) is 23.4. The lowest BCUT2D eigenvalue weighted by atomic mass is 9.98. The van der Waals surface area contributed by atoms with E-state index in [1.165, 1.54) is 32.4 Å². The highest BCUT2D eigenvalue weighted by molar-refractivity contribution is 5.81. The number of ether oxygens (including phenoxy) is 3. The molecular formula is C24H20F3N3O3. The second-order valence-electron chi connectivity index (χ2n) is 7.15. The molecule has 0 N–H and O–H groups in total. The topological polar surface area (TPSA) is 66.4 Å². The number of halogens is 3. The van der Waals surface area contributed by atoms with Gasteiger partial charge >= 0.3 is 12.2 Å². The van der Waals surface area contributed by atoms with Gasteiger partial charge < -0.3 is 14.2 Å². The van der Waals surface area contributed by atoms with E-state index in [9.17, 15) is 13.2 Å². The summed E-state index contributed by atoms with van der Waals surface area (Å²) in [5.41, 5.74) is 1.52. The van der Waals surface area contributed by atoms with E-state index in [1.807, 2.05) is 30.3 Å². The van der Waals surface area contributed by atoms with Gasteiger partial charge in [-0.1, -0.05) is 30.3 Å². The van der Waals surface area contributed by atoms with Crippen LogP contribution in [0.1, 0.15) is 22.8 Å². The molecule has 0 fully saturated rings. The van der Waals surface area contributed by atoms with Crippen LogP contribution in [0.15, 0.2) is 66.9 Å². The summed E-state index contributed by atoms with van der Waals surface area (Å²) in [6.45, 7) is 0. The molecule has 9 heteroatoms. The molecule has 2 aromatic carbocycles. The fourth-order valence-electron chi connectivity index (χ4n) is 3.42. The van der Waals surface area contributed by atoms with Crippen LogP contribution in [-0.2, 0) is 12.6 Å². The van der Waals surface area contributed by atoms with E-state index in [4.69, 9.17) is 14.2 Å². The van der Waals surface area contributed by atoms with Crippen molar-refractivity contribution in [1.82, 2.24) is 15.0 Å². The van der Waals surface area contributed by atoms with Gasteiger partial charge in [0.2, 0.25) is 11.8 Å². The zero-order valence-corrected chi connectivity index (χ0v) is 17.8. The van der Waals surface area contributed by atoms with Crippen LogP contribution in [0.25, 0.3) is 10.9 Å². The van der Waals surface area contributed by atoms with Crippen LogP contribution < -0.4 is 14.2 Å². The Morgan fingerprint density at radius 2 is 1.55 bits per heavy atom. The maximum Gasteiger partial charge on any atom is 0.416 e. The molecule has 0 aliphatic rings. The normalized spacial score (nSPS) is 12.4. The van der Waals surface area contributed by atoms with Crippen molar-refractivity contribution in [3.8, 4) is 17.8 Å². The predicted molar refractivity (Wildman–Crippen MR) is 115 cm³/mol. The summed E-state index contributed by atoms with van der Waals surface area (Å²) in [6, 6.07) is 15.8. The van der Waals surface area contributed by atoms with Gasteiger partial charge in [0.1, 0.15) is 6.10 Å². The summed E-state index contributed by atoms with van der Waals surface area (Å²) in [7, 11) is 2.89. The first kappa shape index (κ1) is 22.3. The fraction of sp³-hybridized carbons (Fsp3) is 0.208. The fourth-order valence-corrected chi connectivity index (χ4v) is 3.42. The Morgan fingerprint density at radius 3 is 2.18 bits per heavy atom. The highest BCUT2D eigenvalue weighted by Crippen LogP contribution is 2.33. The largest absolute Gasteiger partial charge is 0.481 e. The molecule has 0 aliphatic heterocycles. The molecule has 0 saturated heterocycles. The molecule has 2 heterocycles. The number of nitrogens with zero attached hydrogens (tertiary/aromatic N) is 3. The third-order valence-electron chi connectivity index (χ3n) is 5.08. The first-order valence-corrected chi connectivity index (χ1v) is 10.0. The third-order valence-corrected chi connectivity index (χ3v) is 5.08. The summed E-state index contributed by atoms with van der Waals surface area (Å²) in [6.07, 6.45) is -3.08. The average Bonchev–Trinajstić information content (AvgIpc) is 2.83. The van der Waals surface area contributed by atoms with Crippen molar-refractivity contribution < 1.29 is 27.4 Å². The molecule has 0 radical (unpaired) electrons. The minimum Gasteiger partial charge on any atom is -0.481 e. The SMILES string of the molecule is COc1cc(OC)nc(OC(Cc2ccnc3ccccc23)c2ccc(C(F)(F)F)cc2)n1. The number of fused-ring (bicyclic) bond motifs is 1. The van der Waals surface area contributed by atoms with Crippen LogP contribution in [0.4, 0.5) is 13.2 Å². The second-order valence-corrected chi connectivity index (χ2v) is 7.15. The van der Waals surface area contributed by atoms with E-state index in [0.717, 1.165) is 28.6 Å². The average molecular weight is 455 g/mol. The smallest absolute Gasteiger partial charge is 0.416 e. The van der Waals surface area contributed by atoms with E-state index in [2.05, 4.69) is 15.0 Å². The highest BCUT2D eigenvalue weighted by Gasteiger charge is 2.30. The van der Waals surface area contributed by atoms with Gasteiger partial charge in [-0.15, -0.1) is 0 Å². The Balaban J connectivity index is 1.73. The number of benzene rings is 2. The minimum atomic E-state index is -4.43. The van der Waals surface area contributed by atoms with Gasteiger partial charge in [-0.05, 0) is 35.4 Å². The molecule has 0 bridgehead atoms. The van der Waals surface area contributed by atoms with E-state index in [1.54, 1.807) is 6.20 Å². The van der Waals surface area contributed by atoms with Crippen molar-refractivity contribution >= 4 is 10.9 Å². The lowest BCUT2D eigenvalue weighted by Crippen LogP contribution is -2.14. The molecule has 1 atom stereocenters. The van der Waals surface area contributed by atoms with Crippen molar-refractivity contribution in [3.63, 3.8) is 0 Å². The van der Waals surface area contributed by atoms with Crippen LogP contribution in [0.2, 0.25) is 0 Å². The number of rotatable bonds is 7. The van der Waals surface area contributed by atoms with Crippen LogP contribution in [0.5, 0.6) is 17.8 Å². The Morgan fingerprint density at radius 1 is 0.879 bits per heavy atom. The van der Waals surface area contributed by atoms with Crippen LogP contribution in [-0.4, -0.2) is 29.2 Å². The predicted octanol–water partition coefficient (Wildman–Crippen LogP) is 5.42. The summed E-state index contributed by atoms with van der Waals surface area (Å²) in [5, 5.41) is 0.921. The van der Waals surface area contributed by atoms with Gasteiger partial charge in [-0.3, -0.25) is 4.98 Å². The summed E-state index contributed by atoms with van der Waals surface area (Å²) in [4.78, 5) is 12.8. The summed E-state index contributed by atoms with van der Waals surface area (Å²) < 4.78 is 55.6. The molecule has 0 spiro atoms. The first-order valence-electron chi connectivity index (χ1n) is 10.0. The van der Waals surface area contributed by atoms with E-state index < -0.39 is 17.8 Å². The van der Waals surface area contributed by atoms with E-state index in [0.29, 0.717) is 12.0 Å². The van der Waals surface area contributed by atoms with Crippen molar-refractivity contribution in [2.24, 2.45) is 0 Å². The molecule has 0 amide bonds. The third kappa shape index (κ3) is 5.14. The van der Waals surface area contributed by atoms with E-state index >= 15 is 0 Å². The van der Waals surface area contributed by atoms with Crippen molar-refractivity contribution in [2.75, 3.05) is 14.2 Å². The summed E-state index contributed by atoms with van der Waals surface area (Å²) >= 11 is 0. The molecule has 0 saturated carbocycles. The van der Waals surface area contributed by atoms with Gasteiger partial charge in [0.05, 0.1) is 31.4 Å². The Labute approximate surface area is 188 Å². The second kappa shape index (κ2) is 9.32. The number of methoxy groups -OCH3 is 2. The van der Waals surface area contributed by atoms with Gasteiger partial charge in [-0.25, -0.2) is 0 Å². The Hall–Kier alpha value is -3.88. The number of para-hydroxylation sites is 1. The standard InChI is InChI=1S/C24H20F3N3O3/c1-31-21-14-22(32-2)30-23(29-21)33-20(15-7-9-17(10-8-15)24(25,26)27)13-16-11-12-28-19-6-4-3-5-18(16)19/h3-12,14,20H,13H2,1-2H3.